The van der Waals surface area contributed by atoms with Crippen LogP contribution in [0.5, 0.6) is 0 Å². The lowest BCUT2D eigenvalue weighted by Crippen LogP contribution is -2.51. The van der Waals surface area contributed by atoms with Crippen molar-refractivity contribution < 1.29 is 19.1 Å². The molecule has 1 atom stereocenters. The van der Waals surface area contributed by atoms with Crippen molar-refractivity contribution in [1.29, 1.82) is 0 Å². The van der Waals surface area contributed by atoms with Crippen LogP contribution >= 0.6 is 0 Å². The van der Waals surface area contributed by atoms with Gasteiger partial charge in [-0.3, -0.25) is 29.2 Å². The number of carbonyl (C=O) groups is 3. The lowest BCUT2D eigenvalue weighted by molar-refractivity contribution is -0.143. The van der Waals surface area contributed by atoms with Crippen molar-refractivity contribution in [3.63, 3.8) is 0 Å². The van der Waals surface area contributed by atoms with Crippen molar-refractivity contribution in [2.24, 2.45) is 0 Å². The fourth-order valence-corrected chi connectivity index (χ4v) is 5.00. The minimum absolute atomic E-state index is 0.00130. The van der Waals surface area contributed by atoms with Crippen LogP contribution in [-0.4, -0.2) is 83.8 Å². The van der Waals surface area contributed by atoms with Crippen molar-refractivity contribution in [3.8, 4) is 0 Å². The van der Waals surface area contributed by atoms with Gasteiger partial charge in [0.1, 0.15) is 0 Å². The second-order valence-corrected chi connectivity index (χ2v) is 9.11. The Labute approximate surface area is 200 Å². The number of methoxy groups -OCH3 is 1. The molecule has 2 fully saturated rings. The van der Waals surface area contributed by atoms with Gasteiger partial charge in [0.2, 0.25) is 17.7 Å². The summed E-state index contributed by atoms with van der Waals surface area (Å²) in [7, 11) is 1.68. The maximum atomic E-state index is 13.9. The highest BCUT2D eigenvalue weighted by Crippen LogP contribution is 2.42. The van der Waals surface area contributed by atoms with E-state index in [0.717, 1.165) is 36.3 Å². The van der Waals surface area contributed by atoms with Crippen molar-refractivity contribution >= 4 is 17.7 Å². The average molecular weight is 465 g/mol. The first-order chi connectivity index (χ1) is 16.4. The van der Waals surface area contributed by atoms with Crippen molar-refractivity contribution in [3.05, 3.63) is 65.5 Å². The molecule has 1 unspecified atom stereocenters. The predicted octanol–water partition coefficient (Wildman–Crippen LogP) is 1.77. The van der Waals surface area contributed by atoms with E-state index in [0.29, 0.717) is 19.7 Å². The number of aromatic nitrogens is 1. The van der Waals surface area contributed by atoms with E-state index in [2.05, 4.69) is 9.88 Å². The van der Waals surface area contributed by atoms with Crippen LogP contribution in [0, 0.1) is 6.92 Å². The second-order valence-electron chi connectivity index (χ2n) is 9.11. The molecule has 3 amide bonds. The molecule has 2 saturated heterocycles. The summed E-state index contributed by atoms with van der Waals surface area (Å²) in [5, 5.41) is 0. The Kier molecular flexibility index (Phi) is 7.38. The molecule has 3 heterocycles. The summed E-state index contributed by atoms with van der Waals surface area (Å²) in [6, 6.07) is 11.2. The Bertz CT molecular complexity index is 1040. The molecule has 0 saturated carbocycles. The molecular formula is C26H32N4O4. The van der Waals surface area contributed by atoms with Gasteiger partial charge in [0.05, 0.1) is 18.6 Å². The average Bonchev–Trinajstić information content (AvgIpc) is 3.08. The third-order valence-electron chi connectivity index (χ3n) is 6.95. The Morgan fingerprint density at radius 2 is 1.76 bits per heavy atom. The largest absolute Gasteiger partial charge is 0.383 e. The maximum absolute atomic E-state index is 13.9. The van der Waals surface area contributed by atoms with Gasteiger partial charge in [-0.15, -0.1) is 0 Å². The van der Waals surface area contributed by atoms with E-state index in [-0.39, 0.29) is 37.1 Å². The number of nitrogens with zero attached hydrogens (tertiary/aromatic N) is 4. The first-order valence-corrected chi connectivity index (χ1v) is 11.7. The van der Waals surface area contributed by atoms with E-state index in [1.807, 2.05) is 36.1 Å². The zero-order valence-corrected chi connectivity index (χ0v) is 19.9. The number of aryl methyl sites for hydroxylation is 1. The van der Waals surface area contributed by atoms with Gasteiger partial charge in [-0.1, -0.05) is 24.3 Å². The highest BCUT2D eigenvalue weighted by atomic mass is 16.5. The predicted molar refractivity (Wildman–Crippen MR) is 127 cm³/mol. The fourth-order valence-electron chi connectivity index (χ4n) is 5.00. The molecule has 34 heavy (non-hydrogen) atoms. The highest BCUT2D eigenvalue weighted by molar-refractivity contribution is 6.10. The Hall–Kier alpha value is -3.10. The lowest BCUT2D eigenvalue weighted by atomic mass is 9.74. The molecule has 0 spiro atoms. The molecule has 180 valence electrons. The first kappa shape index (κ1) is 24.0. The SMILES string of the molecule is COCCN1CCN(C(=O)CC2(c3ccccc3C)CC(=O)N(Cc3ccncc3)C2=O)CC1. The molecule has 0 aliphatic carbocycles. The van der Waals surface area contributed by atoms with Crippen LogP contribution in [-0.2, 0) is 31.1 Å². The van der Waals surface area contributed by atoms with Crippen LogP contribution in [0.2, 0.25) is 0 Å². The van der Waals surface area contributed by atoms with Gasteiger partial charge in [-0.2, -0.15) is 0 Å². The van der Waals surface area contributed by atoms with Gasteiger partial charge in [0.15, 0.2) is 0 Å². The molecule has 4 rings (SSSR count). The van der Waals surface area contributed by atoms with E-state index in [4.69, 9.17) is 4.74 Å². The van der Waals surface area contributed by atoms with Crippen molar-refractivity contribution in [2.45, 2.75) is 31.7 Å². The van der Waals surface area contributed by atoms with Crippen LogP contribution in [0.15, 0.2) is 48.8 Å². The number of piperazine rings is 1. The van der Waals surface area contributed by atoms with Gasteiger partial charge >= 0.3 is 0 Å². The number of benzene rings is 1. The summed E-state index contributed by atoms with van der Waals surface area (Å²) in [5.41, 5.74) is 1.32. The number of amides is 3. The van der Waals surface area contributed by atoms with Gasteiger partial charge in [-0.25, -0.2) is 0 Å². The van der Waals surface area contributed by atoms with Crippen molar-refractivity contribution in [1.82, 2.24) is 19.7 Å². The minimum Gasteiger partial charge on any atom is -0.383 e. The van der Waals surface area contributed by atoms with E-state index < -0.39 is 5.41 Å². The van der Waals surface area contributed by atoms with Crippen LogP contribution in [0.4, 0.5) is 0 Å². The number of hydrogen-bond acceptors (Lipinski definition) is 6. The topological polar surface area (TPSA) is 83.1 Å². The molecule has 1 aromatic carbocycles. The fraction of sp³-hybridized carbons (Fsp3) is 0.462. The third kappa shape index (κ3) is 4.88. The number of carbonyl (C=O) groups excluding carboxylic acids is 3. The molecular weight excluding hydrogens is 432 g/mol. The minimum atomic E-state index is -1.18. The Morgan fingerprint density at radius 3 is 2.44 bits per heavy atom. The molecule has 0 N–H and O–H groups in total. The monoisotopic (exact) mass is 464 g/mol. The highest BCUT2D eigenvalue weighted by Gasteiger charge is 2.54. The van der Waals surface area contributed by atoms with E-state index in [1.54, 1.807) is 31.6 Å². The molecule has 8 heteroatoms. The summed E-state index contributed by atoms with van der Waals surface area (Å²) in [4.78, 5) is 49.9. The lowest BCUT2D eigenvalue weighted by Gasteiger charge is -2.37. The second kappa shape index (κ2) is 10.4. The summed E-state index contributed by atoms with van der Waals surface area (Å²) in [5.74, 6) is -0.625. The Morgan fingerprint density at radius 1 is 1.06 bits per heavy atom. The van der Waals surface area contributed by atoms with Gasteiger partial charge in [0, 0.05) is 65.1 Å². The molecule has 0 bridgehead atoms. The van der Waals surface area contributed by atoms with Crippen LogP contribution < -0.4 is 0 Å². The number of pyridine rings is 1. The number of likely N-dealkylation sites (tertiary alicyclic amines) is 1. The van der Waals surface area contributed by atoms with Crippen LogP contribution in [0.3, 0.4) is 0 Å². The molecule has 2 aromatic rings. The van der Waals surface area contributed by atoms with Crippen LogP contribution in [0.1, 0.15) is 29.5 Å². The summed E-state index contributed by atoms with van der Waals surface area (Å²) >= 11 is 0. The molecule has 2 aliphatic heterocycles. The summed E-state index contributed by atoms with van der Waals surface area (Å²) in [6.45, 7) is 6.36. The number of hydrogen-bond donors (Lipinski definition) is 0. The zero-order valence-electron chi connectivity index (χ0n) is 19.9. The standard InChI is InChI=1S/C26H32N4O4/c1-20-5-3-4-6-22(20)26(17-23(31)29-13-11-28(12-14-29)15-16-34-2)18-24(32)30(25(26)33)19-21-7-9-27-10-8-21/h3-10H,11-19H2,1-2H3. The van der Waals surface area contributed by atoms with Crippen molar-refractivity contribution in [2.75, 3.05) is 46.4 Å². The van der Waals surface area contributed by atoms with E-state index in [9.17, 15) is 14.4 Å². The smallest absolute Gasteiger partial charge is 0.241 e. The van der Waals surface area contributed by atoms with Crippen LogP contribution in [0.25, 0.3) is 0 Å². The Balaban J connectivity index is 1.57. The number of rotatable bonds is 8. The summed E-state index contributed by atoms with van der Waals surface area (Å²) < 4.78 is 5.16. The zero-order chi connectivity index (χ0) is 24.1. The molecule has 8 nitrogen and oxygen atoms in total. The van der Waals surface area contributed by atoms with E-state index in [1.165, 1.54) is 4.90 Å². The van der Waals surface area contributed by atoms with Gasteiger partial charge in [-0.05, 0) is 35.7 Å². The third-order valence-corrected chi connectivity index (χ3v) is 6.95. The van der Waals surface area contributed by atoms with Gasteiger partial charge in [0.25, 0.3) is 0 Å². The maximum Gasteiger partial charge on any atom is 0.241 e. The first-order valence-electron chi connectivity index (χ1n) is 11.7. The van der Waals surface area contributed by atoms with E-state index >= 15 is 0 Å². The van der Waals surface area contributed by atoms with Gasteiger partial charge < -0.3 is 9.64 Å². The number of ether oxygens (including phenoxy) is 1. The molecule has 0 radical (unpaired) electrons. The molecule has 2 aliphatic rings. The normalized spacial score (nSPS) is 21.4. The molecule has 1 aromatic heterocycles. The quantitative estimate of drug-likeness (QED) is 0.554. The summed E-state index contributed by atoms with van der Waals surface area (Å²) in [6.07, 6.45) is 3.28. The number of imide groups is 1.